The second-order valence-corrected chi connectivity index (χ2v) is 6.36. The van der Waals surface area contributed by atoms with E-state index in [9.17, 15) is 22.0 Å². The van der Waals surface area contributed by atoms with Gasteiger partial charge in [0.1, 0.15) is 16.5 Å². The number of hydrogen-bond donors (Lipinski definition) is 2. The van der Waals surface area contributed by atoms with E-state index < -0.39 is 44.5 Å². The molecule has 2 rings (SSSR count). The highest BCUT2D eigenvalue weighted by molar-refractivity contribution is 7.89. The van der Waals surface area contributed by atoms with Crippen molar-refractivity contribution in [1.29, 1.82) is 0 Å². The normalized spacial score (nSPS) is 22.9. The molecule has 1 aromatic rings. The largest absolute Gasteiger partial charge is 0.481 e. The summed E-state index contributed by atoms with van der Waals surface area (Å²) in [4.78, 5) is 10.3. The number of rotatable bonds is 4. The van der Waals surface area contributed by atoms with E-state index in [1.165, 1.54) is 0 Å². The molecule has 1 aromatic carbocycles. The van der Waals surface area contributed by atoms with Crippen LogP contribution in [0.5, 0.6) is 0 Å². The van der Waals surface area contributed by atoms with E-state index in [-0.39, 0.29) is 0 Å². The summed E-state index contributed by atoms with van der Waals surface area (Å²) >= 11 is 0. The molecule has 2 atom stereocenters. The molecule has 0 aliphatic heterocycles. The molecular formula is C12H13F2NO4S. The van der Waals surface area contributed by atoms with Crippen LogP contribution in [0.15, 0.2) is 23.1 Å². The molecule has 0 radical (unpaired) electrons. The molecule has 5 nitrogen and oxygen atoms in total. The molecule has 0 heterocycles. The van der Waals surface area contributed by atoms with Gasteiger partial charge in [0.2, 0.25) is 10.0 Å². The average Bonchev–Trinajstić information content (AvgIpc) is 2.75. The predicted octanol–water partition coefficient (Wildman–Crippen LogP) is 1.50. The smallest absolute Gasteiger partial charge is 0.308 e. The molecule has 8 heteroatoms. The zero-order valence-corrected chi connectivity index (χ0v) is 11.2. The Morgan fingerprint density at radius 2 is 2.00 bits per heavy atom. The average molecular weight is 305 g/mol. The van der Waals surface area contributed by atoms with Gasteiger partial charge in [0.25, 0.3) is 0 Å². The van der Waals surface area contributed by atoms with E-state index in [0.717, 1.165) is 12.1 Å². The van der Waals surface area contributed by atoms with Gasteiger partial charge in [-0.05, 0) is 25.0 Å². The summed E-state index contributed by atoms with van der Waals surface area (Å²) < 4.78 is 52.5. The van der Waals surface area contributed by atoms with E-state index in [1.807, 2.05) is 0 Å². The van der Waals surface area contributed by atoms with Gasteiger partial charge >= 0.3 is 5.97 Å². The van der Waals surface area contributed by atoms with Crippen LogP contribution < -0.4 is 4.72 Å². The maximum atomic E-state index is 13.5. The lowest BCUT2D eigenvalue weighted by Gasteiger charge is -2.17. The molecule has 0 aromatic heterocycles. The van der Waals surface area contributed by atoms with Crippen molar-refractivity contribution in [2.45, 2.75) is 30.2 Å². The first kappa shape index (κ1) is 14.9. The van der Waals surface area contributed by atoms with Gasteiger partial charge in [-0.1, -0.05) is 6.42 Å². The number of benzene rings is 1. The van der Waals surface area contributed by atoms with Gasteiger partial charge in [0.05, 0.1) is 5.92 Å². The van der Waals surface area contributed by atoms with Crippen LogP contribution in [0.4, 0.5) is 8.78 Å². The Kier molecular flexibility index (Phi) is 4.05. The van der Waals surface area contributed by atoms with Gasteiger partial charge in [-0.15, -0.1) is 0 Å². The predicted molar refractivity (Wildman–Crippen MR) is 65.4 cm³/mol. The quantitative estimate of drug-likeness (QED) is 0.883. The third kappa shape index (κ3) is 2.96. The summed E-state index contributed by atoms with van der Waals surface area (Å²) in [7, 11) is -4.21. The molecule has 2 unspecified atom stereocenters. The Morgan fingerprint density at radius 3 is 2.60 bits per heavy atom. The maximum Gasteiger partial charge on any atom is 0.308 e. The first-order valence-electron chi connectivity index (χ1n) is 6.01. The molecule has 2 N–H and O–H groups in total. The molecule has 0 spiro atoms. The molecule has 1 fully saturated rings. The monoisotopic (exact) mass is 305 g/mol. The Morgan fingerprint density at radius 1 is 1.30 bits per heavy atom. The highest BCUT2D eigenvalue weighted by atomic mass is 32.2. The Hall–Kier alpha value is -1.54. The van der Waals surface area contributed by atoms with Crippen LogP contribution >= 0.6 is 0 Å². The van der Waals surface area contributed by atoms with Crippen molar-refractivity contribution >= 4 is 16.0 Å². The zero-order chi connectivity index (χ0) is 14.9. The molecule has 110 valence electrons. The Balaban J connectivity index is 2.25. The summed E-state index contributed by atoms with van der Waals surface area (Å²) in [6.45, 7) is 0. The number of carboxylic acid groups (broad SMARTS) is 1. The highest BCUT2D eigenvalue weighted by Crippen LogP contribution is 2.27. The van der Waals surface area contributed by atoms with Crippen molar-refractivity contribution in [2.24, 2.45) is 5.92 Å². The third-order valence-corrected chi connectivity index (χ3v) is 4.85. The number of carbonyl (C=O) groups is 1. The van der Waals surface area contributed by atoms with E-state index >= 15 is 0 Å². The number of carboxylic acids is 1. The number of halogens is 2. The Bertz CT molecular complexity index is 632. The minimum absolute atomic E-state index is 0.369. The van der Waals surface area contributed by atoms with Crippen LogP contribution in [0.3, 0.4) is 0 Å². The van der Waals surface area contributed by atoms with Gasteiger partial charge in [-0.3, -0.25) is 4.79 Å². The van der Waals surface area contributed by atoms with Crippen molar-refractivity contribution in [3.05, 3.63) is 29.8 Å². The van der Waals surface area contributed by atoms with Crippen molar-refractivity contribution in [3.63, 3.8) is 0 Å². The second kappa shape index (κ2) is 5.45. The van der Waals surface area contributed by atoms with Gasteiger partial charge < -0.3 is 5.11 Å². The zero-order valence-electron chi connectivity index (χ0n) is 10.3. The van der Waals surface area contributed by atoms with Gasteiger partial charge in [0.15, 0.2) is 0 Å². The minimum atomic E-state index is -4.21. The standard InChI is InChI=1S/C12H13F2NO4S/c13-7-4-5-11(9(14)6-7)20(18,19)15-10-3-1-2-8(10)12(16)17/h4-6,8,10,15H,1-3H2,(H,16,17). The number of sulfonamides is 1. The lowest BCUT2D eigenvalue weighted by atomic mass is 10.1. The Labute approximate surface area is 114 Å². The molecule has 1 saturated carbocycles. The van der Waals surface area contributed by atoms with E-state index in [1.54, 1.807) is 0 Å². The van der Waals surface area contributed by atoms with Crippen molar-refractivity contribution in [2.75, 3.05) is 0 Å². The summed E-state index contributed by atoms with van der Waals surface area (Å²) in [5, 5.41) is 8.98. The van der Waals surface area contributed by atoms with Gasteiger partial charge in [-0.2, -0.15) is 0 Å². The number of aliphatic carboxylic acids is 1. The first-order chi connectivity index (χ1) is 9.31. The van der Waals surface area contributed by atoms with Crippen LogP contribution in [-0.2, 0) is 14.8 Å². The van der Waals surface area contributed by atoms with Gasteiger partial charge in [0, 0.05) is 12.1 Å². The lowest BCUT2D eigenvalue weighted by molar-refractivity contribution is -0.141. The van der Waals surface area contributed by atoms with Crippen LogP contribution in [0, 0.1) is 17.6 Å². The van der Waals surface area contributed by atoms with Crippen LogP contribution in [0.1, 0.15) is 19.3 Å². The second-order valence-electron chi connectivity index (χ2n) is 4.68. The molecule has 0 bridgehead atoms. The number of hydrogen-bond acceptors (Lipinski definition) is 3. The number of nitrogens with one attached hydrogen (secondary N) is 1. The third-order valence-electron chi connectivity index (χ3n) is 3.32. The summed E-state index contributed by atoms with van der Waals surface area (Å²) in [6, 6.07) is 1.35. The maximum absolute atomic E-state index is 13.5. The van der Waals surface area contributed by atoms with E-state index in [2.05, 4.69) is 4.72 Å². The molecular weight excluding hydrogens is 292 g/mol. The lowest BCUT2D eigenvalue weighted by Crippen LogP contribution is -2.40. The fourth-order valence-corrected chi connectivity index (χ4v) is 3.72. The van der Waals surface area contributed by atoms with Crippen LogP contribution in [-0.4, -0.2) is 25.5 Å². The fourth-order valence-electron chi connectivity index (χ4n) is 2.35. The van der Waals surface area contributed by atoms with Crippen LogP contribution in [0.2, 0.25) is 0 Å². The molecule has 1 aliphatic carbocycles. The topological polar surface area (TPSA) is 83.5 Å². The molecule has 0 amide bonds. The minimum Gasteiger partial charge on any atom is -0.481 e. The summed E-state index contributed by atoms with van der Waals surface area (Å²) in [6.07, 6.45) is 1.32. The fraction of sp³-hybridized carbons (Fsp3) is 0.417. The van der Waals surface area contributed by atoms with Crippen molar-refractivity contribution < 1.29 is 27.1 Å². The molecule has 1 aliphatic rings. The summed E-state index contributed by atoms with van der Waals surface area (Å²) in [5.74, 6) is -4.00. The van der Waals surface area contributed by atoms with Gasteiger partial charge in [-0.25, -0.2) is 21.9 Å². The molecule has 20 heavy (non-hydrogen) atoms. The SMILES string of the molecule is O=C(O)C1CCCC1NS(=O)(=O)c1ccc(F)cc1F. The molecule has 0 saturated heterocycles. The first-order valence-corrected chi connectivity index (χ1v) is 7.50. The van der Waals surface area contributed by atoms with E-state index in [0.29, 0.717) is 25.3 Å². The van der Waals surface area contributed by atoms with E-state index in [4.69, 9.17) is 5.11 Å². The van der Waals surface area contributed by atoms with Crippen LogP contribution in [0.25, 0.3) is 0 Å². The van der Waals surface area contributed by atoms with Crippen molar-refractivity contribution in [3.8, 4) is 0 Å². The highest BCUT2D eigenvalue weighted by Gasteiger charge is 2.36. The van der Waals surface area contributed by atoms with Crippen molar-refractivity contribution in [1.82, 2.24) is 4.72 Å². The summed E-state index contributed by atoms with van der Waals surface area (Å²) in [5.41, 5.74) is 0.